The van der Waals surface area contributed by atoms with Gasteiger partial charge in [-0.25, -0.2) is 14.8 Å². The number of pyridine rings is 2. The highest BCUT2D eigenvalue weighted by Crippen LogP contribution is 2.31. The first-order valence-electron chi connectivity index (χ1n) is 9.34. The maximum absolute atomic E-state index is 12.5. The van der Waals surface area contributed by atoms with Crippen molar-refractivity contribution in [1.29, 1.82) is 0 Å². The van der Waals surface area contributed by atoms with Gasteiger partial charge < -0.3 is 14.5 Å². The molecule has 1 saturated heterocycles. The summed E-state index contributed by atoms with van der Waals surface area (Å²) in [6.45, 7) is 6.08. The molecule has 1 atom stereocenters. The molecule has 8 nitrogen and oxygen atoms in total. The number of H-pyrrole nitrogens is 2. The van der Waals surface area contributed by atoms with Gasteiger partial charge in [0.1, 0.15) is 5.65 Å². The van der Waals surface area contributed by atoms with Crippen molar-refractivity contribution in [2.45, 2.75) is 26.5 Å². The van der Waals surface area contributed by atoms with Crippen molar-refractivity contribution in [3.63, 3.8) is 0 Å². The number of hydrogen-bond acceptors (Lipinski definition) is 5. The summed E-state index contributed by atoms with van der Waals surface area (Å²) in [4.78, 5) is 27.7. The van der Waals surface area contributed by atoms with E-state index in [1.165, 1.54) is 0 Å². The van der Waals surface area contributed by atoms with Crippen LogP contribution in [0, 0.1) is 13.8 Å². The number of aromatic nitrogens is 5. The van der Waals surface area contributed by atoms with Crippen molar-refractivity contribution in [2.75, 3.05) is 19.8 Å². The largest absolute Gasteiger partial charge is 0.376 e. The topological polar surface area (TPSA) is 97.8 Å². The van der Waals surface area contributed by atoms with Crippen LogP contribution in [-0.4, -0.2) is 50.4 Å². The van der Waals surface area contributed by atoms with Crippen LogP contribution < -0.4 is 5.69 Å². The van der Waals surface area contributed by atoms with Gasteiger partial charge in [0, 0.05) is 34.6 Å². The van der Waals surface area contributed by atoms with E-state index in [1.807, 2.05) is 31.5 Å². The lowest BCUT2D eigenvalue weighted by Crippen LogP contribution is -2.34. The summed E-state index contributed by atoms with van der Waals surface area (Å²) in [6, 6.07) is 4.04. The Morgan fingerprint density at radius 2 is 2.14 bits per heavy atom. The van der Waals surface area contributed by atoms with E-state index >= 15 is 0 Å². The minimum absolute atomic E-state index is 0.144. The van der Waals surface area contributed by atoms with E-state index in [-0.39, 0.29) is 11.8 Å². The van der Waals surface area contributed by atoms with Gasteiger partial charge in [-0.05, 0) is 31.5 Å². The minimum atomic E-state index is -0.191. The zero-order chi connectivity index (χ0) is 19.3. The summed E-state index contributed by atoms with van der Waals surface area (Å²) in [5, 5.41) is 1.08. The second-order valence-electron chi connectivity index (χ2n) is 7.13. The van der Waals surface area contributed by atoms with E-state index in [2.05, 4.69) is 26.9 Å². The summed E-state index contributed by atoms with van der Waals surface area (Å²) in [5.74, 6) is 0. The Kier molecular flexibility index (Phi) is 4.03. The predicted octanol–water partition coefficient (Wildman–Crippen LogP) is 2.30. The van der Waals surface area contributed by atoms with E-state index in [0.717, 1.165) is 38.9 Å². The van der Waals surface area contributed by atoms with Gasteiger partial charge in [-0.3, -0.25) is 9.55 Å². The fourth-order valence-electron chi connectivity index (χ4n) is 3.88. The van der Waals surface area contributed by atoms with E-state index in [4.69, 9.17) is 9.47 Å². The molecule has 1 aliphatic rings. The van der Waals surface area contributed by atoms with Gasteiger partial charge in [0.15, 0.2) is 5.65 Å². The van der Waals surface area contributed by atoms with Gasteiger partial charge in [-0.15, -0.1) is 0 Å². The third-order valence-electron chi connectivity index (χ3n) is 5.37. The number of imidazole rings is 1. The van der Waals surface area contributed by atoms with Gasteiger partial charge in [0.25, 0.3) is 0 Å². The first kappa shape index (κ1) is 17.2. The maximum Gasteiger partial charge on any atom is 0.327 e. The molecule has 1 aliphatic heterocycles. The second-order valence-corrected chi connectivity index (χ2v) is 7.13. The number of rotatable bonds is 3. The zero-order valence-electron chi connectivity index (χ0n) is 15.8. The number of fused-ring (bicyclic) bond motifs is 2. The number of ether oxygens (including phenoxy) is 2. The smallest absolute Gasteiger partial charge is 0.327 e. The molecule has 0 bridgehead atoms. The normalized spacial score (nSPS) is 17.6. The van der Waals surface area contributed by atoms with Crippen molar-refractivity contribution in [1.82, 2.24) is 24.5 Å². The number of aromatic amines is 2. The Labute approximate surface area is 160 Å². The molecule has 0 aromatic carbocycles. The highest BCUT2D eigenvalue weighted by Gasteiger charge is 2.20. The Morgan fingerprint density at radius 1 is 1.25 bits per heavy atom. The van der Waals surface area contributed by atoms with Crippen LogP contribution >= 0.6 is 0 Å². The first-order valence-corrected chi connectivity index (χ1v) is 9.34. The predicted molar refractivity (Wildman–Crippen MR) is 105 cm³/mol. The van der Waals surface area contributed by atoms with Crippen LogP contribution in [0.4, 0.5) is 0 Å². The molecule has 144 valence electrons. The van der Waals surface area contributed by atoms with Gasteiger partial charge in [0.2, 0.25) is 0 Å². The van der Waals surface area contributed by atoms with Gasteiger partial charge in [-0.2, -0.15) is 0 Å². The molecule has 0 aliphatic carbocycles. The summed E-state index contributed by atoms with van der Waals surface area (Å²) >= 11 is 0. The minimum Gasteiger partial charge on any atom is -0.376 e. The van der Waals surface area contributed by atoms with Gasteiger partial charge in [0.05, 0.1) is 38.0 Å². The molecular weight excluding hydrogens is 358 g/mol. The highest BCUT2D eigenvalue weighted by molar-refractivity contribution is 5.89. The molecule has 5 rings (SSSR count). The number of nitrogens with zero attached hydrogens (tertiary/aromatic N) is 3. The van der Waals surface area contributed by atoms with E-state index in [0.29, 0.717) is 32.0 Å². The first-order chi connectivity index (χ1) is 13.6. The molecule has 28 heavy (non-hydrogen) atoms. The second kappa shape index (κ2) is 6.57. The Balaban J connectivity index is 1.65. The van der Waals surface area contributed by atoms with Crippen molar-refractivity contribution in [2.24, 2.45) is 0 Å². The van der Waals surface area contributed by atoms with Crippen LogP contribution in [0.5, 0.6) is 0 Å². The summed E-state index contributed by atoms with van der Waals surface area (Å²) in [5.41, 5.74) is 5.96. The van der Waals surface area contributed by atoms with Gasteiger partial charge >= 0.3 is 5.69 Å². The fourth-order valence-corrected chi connectivity index (χ4v) is 3.88. The molecule has 0 amide bonds. The lowest BCUT2D eigenvalue weighted by molar-refractivity contribution is -0.0934. The lowest BCUT2D eigenvalue weighted by atomic mass is 9.99. The molecule has 0 radical (unpaired) electrons. The third kappa shape index (κ3) is 2.73. The average molecular weight is 379 g/mol. The van der Waals surface area contributed by atoms with Crippen LogP contribution in [0.1, 0.15) is 11.3 Å². The zero-order valence-corrected chi connectivity index (χ0v) is 15.8. The van der Waals surface area contributed by atoms with Crippen LogP contribution in [0.3, 0.4) is 0 Å². The molecular formula is C20H21N5O3. The van der Waals surface area contributed by atoms with Crippen LogP contribution in [0.15, 0.2) is 29.3 Å². The van der Waals surface area contributed by atoms with E-state index in [9.17, 15) is 4.79 Å². The average Bonchev–Trinajstić information content (AvgIpc) is 3.28. The molecule has 4 aromatic rings. The summed E-state index contributed by atoms with van der Waals surface area (Å²) in [7, 11) is 0. The number of aryl methyl sites for hydroxylation is 2. The van der Waals surface area contributed by atoms with Crippen LogP contribution in [0.25, 0.3) is 33.3 Å². The van der Waals surface area contributed by atoms with Crippen LogP contribution in [0.2, 0.25) is 0 Å². The van der Waals surface area contributed by atoms with Crippen molar-refractivity contribution >= 4 is 22.2 Å². The Hall–Kier alpha value is -2.97. The summed E-state index contributed by atoms with van der Waals surface area (Å²) in [6.07, 6.45) is 3.60. The number of hydrogen-bond donors (Lipinski definition) is 2. The SMILES string of the molecule is Cc1nc2[nH]c(=O)n(C[C@H]3COCCO3)c2cc1-c1cnc2[nH]ccc2c1C. The summed E-state index contributed by atoms with van der Waals surface area (Å²) < 4.78 is 12.9. The molecule has 8 heteroatoms. The van der Waals surface area contributed by atoms with Crippen LogP contribution in [-0.2, 0) is 16.0 Å². The molecule has 5 heterocycles. The maximum atomic E-state index is 12.5. The van der Waals surface area contributed by atoms with Crippen molar-refractivity contribution in [3.05, 3.63) is 46.3 Å². The molecule has 4 aromatic heterocycles. The molecule has 0 unspecified atom stereocenters. The molecule has 1 fully saturated rings. The van der Waals surface area contributed by atoms with E-state index in [1.54, 1.807) is 4.57 Å². The highest BCUT2D eigenvalue weighted by atomic mass is 16.6. The van der Waals surface area contributed by atoms with Crippen molar-refractivity contribution in [3.8, 4) is 11.1 Å². The monoisotopic (exact) mass is 379 g/mol. The molecule has 2 N–H and O–H groups in total. The third-order valence-corrected chi connectivity index (χ3v) is 5.37. The lowest BCUT2D eigenvalue weighted by Gasteiger charge is -2.23. The molecule has 0 saturated carbocycles. The van der Waals surface area contributed by atoms with Crippen molar-refractivity contribution < 1.29 is 9.47 Å². The Morgan fingerprint density at radius 3 is 2.96 bits per heavy atom. The standard InChI is InChI=1S/C20H21N5O3/c1-11-14-3-4-21-18(14)22-8-16(11)15-7-17-19(23-12(15)2)24-20(26)25(17)9-13-10-27-5-6-28-13/h3-4,7-8,13H,5-6,9-10H2,1-2H3,(H,21,22)(H,23,24,26)/t13-/m0/s1. The molecule has 0 spiro atoms. The quantitative estimate of drug-likeness (QED) is 0.569. The fraction of sp³-hybridized carbons (Fsp3) is 0.350. The number of nitrogens with one attached hydrogen (secondary N) is 2. The van der Waals surface area contributed by atoms with E-state index < -0.39 is 0 Å². The Bertz CT molecular complexity index is 1230. The van der Waals surface area contributed by atoms with Gasteiger partial charge in [-0.1, -0.05) is 0 Å².